The van der Waals surface area contributed by atoms with E-state index in [9.17, 15) is 5.11 Å². The van der Waals surface area contributed by atoms with Crippen LogP contribution in [0.1, 0.15) is 40.2 Å². The van der Waals surface area contributed by atoms with Crippen molar-refractivity contribution in [1.29, 1.82) is 0 Å². The smallest absolute Gasteiger partial charge is 0.0924 e. The predicted octanol–water partition coefficient (Wildman–Crippen LogP) is 4.20. The molecule has 0 aliphatic carbocycles. The molecule has 18 heavy (non-hydrogen) atoms. The highest BCUT2D eigenvalue weighted by molar-refractivity contribution is 7.10. The first-order chi connectivity index (χ1) is 8.60. The highest BCUT2D eigenvalue weighted by Gasteiger charge is 2.14. The molecule has 1 heterocycles. The Bertz CT molecular complexity index is 507. The number of aliphatic hydroxyl groups is 1. The number of aryl methyl sites for hydroxylation is 3. The van der Waals surface area contributed by atoms with Crippen LogP contribution in [0.15, 0.2) is 29.6 Å². The second kappa shape index (κ2) is 5.68. The molecular weight excluding hydrogens is 240 g/mol. The van der Waals surface area contributed by atoms with Crippen LogP contribution in [-0.2, 0) is 12.8 Å². The lowest BCUT2D eigenvalue weighted by Crippen LogP contribution is -2.02. The van der Waals surface area contributed by atoms with E-state index in [1.165, 1.54) is 22.3 Å². The van der Waals surface area contributed by atoms with Crippen LogP contribution in [-0.4, -0.2) is 5.11 Å². The van der Waals surface area contributed by atoms with E-state index in [0.29, 0.717) is 6.42 Å². The van der Waals surface area contributed by atoms with Gasteiger partial charge in [0.15, 0.2) is 0 Å². The summed E-state index contributed by atoms with van der Waals surface area (Å²) in [5.41, 5.74) is 5.02. The van der Waals surface area contributed by atoms with Gasteiger partial charge in [-0.25, -0.2) is 0 Å². The molecule has 0 saturated heterocycles. The Morgan fingerprint density at radius 2 is 1.83 bits per heavy atom. The lowest BCUT2D eigenvalue weighted by Gasteiger charge is -2.12. The third-order valence-corrected chi connectivity index (χ3v) is 4.24. The number of thiophene rings is 1. The first kappa shape index (κ1) is 13.3. The highest BCUT2D eigenvalue weighted by Crippen LogP contribution is 2.28. The SMILES string of the molecule is CCc1ccsc1C(O)Cc1cc(C)cc(C)c1. The minimum absolute atomic E-state index is 0.374. The van der Waals surface area contributed by atoms with Crippen LogP contribution in [0.5, 0.6) is 0 Å². The summed E-state index contributed by atoms with van der Waals surface area (Å²) in [4.78, 5) is 1.12. The summed E-state index contributed by atoms with van der Waals surface area (Å²) in [6, 6.07) is 8.61. The molecule has 2 aromatic rings. The van der Waals surface area contributed by atoms with Crippen LogP contribution in [0.3, 0.4) is 0 Å². The number of aliphatic hydroxyl groups excluding tert-OH is 1. The van der Waals surface area contributed by atoms with Gasteiger partial charge in [-0.05, 0) is 42.8 Å². The van der Waals surface area contributed by atoms with E-state index in [-0.39, 0.29) is 6.10 Å². The van der Waals surface area contributed by atoms with Crippen molar-refractivity contribution in [3.05, 3.63) is 56.8 Å². The van der Waals surface area contributed by atoms with Crippen LogP contribution in [0.2, 0.25) is 0 Å². The Kier molecular flexibility index (Phi) is 4.20. The van der Waals surface area contributed by atoms with E-state index in [0.717, 1.165) is 11.3 Å². The molecule has 1 N–H and O–H groups in total. The summed E-state index contributed by atoms with van der Waals surface area (Å²) in [5.74, 6) is 0. The number of rotatable bonds is 4. The molecule has 0 amide bonds. The maximum Gasteiger partial charge on any atom is 0.0924 e. The lowest BCUT2D eigenvalue weighted by atomic mass is 10.0. The molecule has 2 rings (SSSR count). The molecular formula is C16H20OS. The zero-order valence-electron chi connectivity index (χ0n) is 11.2. The third kappa shape index (κ3) is 3.01. The summed E-state index contributed by atoms with van der Waals surface area (Å²) in [6.45, 7) is 6.34. The van der Waals surface area contributed by atoms with E-state index < -0.39 is 0 Å². The number of hydrogen-bond acceptors (Lipinski definition) is 2. The lowest BCUT2D eigenvalue weighted by molar-refractivity contribution is 0.181. The first-order valence-corrected chi connectivity index (χ1v) is 7.29. The van der Waals surface area contributed by atoms with Gasteiger partial charge in [0.1, 0.15) is 0 Å². The average Bonchev–Trinajstić information content (AvgIpc) is 2.75. The summed E-state index contributed by atoms with van der Waals surface area (Å²) in [6.07, 6.45) is 1.32. The Hall–Kier alpha value is -1.12. The standard InChI is InChI=1S/C16H20OS/c1-4-14-5-6-18-16(14)15(17)10-13-8-11(2)7-12(3)9-13/h5-9,15,17H,4,10H2,1-3H3. The predicted molar refractivity (Wildman–Crippen MR) is 78.3 cm³/mol. The second-order valence-electron chi connectivity index (χ2n) is 4.88. The molecule has 1 unspecified atom stereocenters. The quantitative estimate of drug-likeness (QED) is 0.873. The van der Waals surface area contributed by atoms with Gasteiger partial charge in [-0.15, -0.1) is 11.3 Å². The van der Waals surface area contributed by atoms with Crippen molar-refractivity contribution in [3.63, 3.8) is 0 Å². The van der Waals surface area contributed by atoms with Gasteiger partial charge in [-0.1, -0.05) is 36.2 Å². The van der Waals surface area contributed by atoms with Crippen molar-refractivity contribution in [2.75, 3.05) is 0 Å². The van der Waals surface area contributed by atoms with Crippen LogP contribution < -0.4 is 0 Å². The van der Waals surface area contributed by atoms with Gasteiger partial charge in [0.05, 0.1) is 6.10 Å². The number of hydrogen-bond donors (Lipinski definition) is 1. The van der Waals surface area contributed by atoms with Gasteiger partial charge in [-0.2, -0.15) is 0 Å². The molecule has 0 saturated carbocycles. The maximum absolute atomic E-state index is 10.4. The van der Waals surface area contributed by atoms with E-state index in [1.807, 2.05) is 0 Å². The van der Waals surface area contributed by atoms with Gasteiger partial charge < -0.3 is 5.11 Å². The van der Waals surface area contributed by atoms with E-state index in [1.54, 1.807) is 11.3 Å². The molecule has 0 aliphatic rings. The van der Waals surface area contributed by atoms with Gasteiger partial charge in [0, 0.05) is 11.3 Å². The molecule has 96 valence electrons. The topological polar surface area (TPSA) is 20.2 Å². The molecule has 0 spiro atoms. The molecule has 0 aliphatic heterocycles. The largest absolute Gasteiger partial charge is 0.387 e. The molecule has 2 heteroatoms. The Labute approximate surface area is 113 Å². The zero-order chi connectivity index (χ0) is 13.1. The fraction of sp³-hybridized carbons (Fsp3) is 0.375. The molecule has 1 atom stereocenters. The highest BCUT2D eigenvalue weighted by atomic mass is 32.1. The summed E-state index contributed by atoms with van der Waals surface area (Å²) < 4.78 is 0. The monoisotopic (exact) mass is 260 g/mol. The van der Waals surface area contributed by atoms with Gasteiger partial charge >= 0.3 is 0 Å². The normalized spacial score (nSPS) is 12.7. The summed E-state index contributed by atoms with van der Waals surface area (Å²) in [5, 5.41) is 12.4. The average molecular weight is 260 g/mol. The van der Waals surface area contributed by atoms with Crippen molar-refractivity contribution in [3.8, 4) is 0 Å². The van der Waals surface area contributed by atoms with Gasteiger partial charge in [-0.3, -0.25) is 0 Å². The minimum Gasteiger partial charge on any atom is -0.387 e. The molecule has 0 bridgehead atoms. The van der Waals surface area contributed by atoms with Crippen LogP contribution in [0, 0.1) is 13.8 Å². The van der Waals surface area contributed by atoms with E-state index in [4.69, 9.17) is 0 Å². The number of benzene rings is 1. The molecule has 0 fully saturated rings. The minimum atomic E-state index is -0.374. The Morgan fingerprint density at radius 3 is 2.44 bits per heavy atom. The Balaban J connectivity index is 2.18. The van der Waals surface area contributed by atoms with E-state index in [2.05, 4.69) is 50.4 Å². The Morgan fingerprint density at radius 1 is 1.17 bits per heavy atom. The van der Waals surface area contributed by atoms with Crippen LogP contribution in [0.25, 0.3) is 0 Å². The first-order valence-electron chi connectivity index (χ1n) is 6.41. The summed E-state index contributed by atoms with van der Waals surface area (Å²) in [7, 11) is 0. The fourth-order valence-electron chi connectivity index (χ4n) is 2.43. The second-order valence-corrected chi connectivity index (χ2v) is 5.83. The van der Waals surface area contributed by atoms with Crippen molar-refractivity contribution in [2.45, 2.75) is 39.7 Å². The van der Waals surface area contributed by atoms with Crippen molar-refractivity contribution >= 4 is 11.3 Å². The van der Waals surface area contributed by atoms with Crippen LogP contribution >= 0.6 is 11.3 Å². The van der Waals surface area contributed by atoms with Crippen molar-refractivity contribution < 1.29 is 5.11 Å². The van der Waals surface area contributed by atoms with Crippen molar-refractivity contribution in [2.24, 2.45) is 0 Å². The molecule has 0 radical (unpaired) electrons. The van der Waals surface area contributed by atoms with E-state index >= 15 is 0 Å². The zero-order valence-corrected chi connectivity index (χ0v) is 12.1. The van der Waals surface area contributed by atoms with Gasteiger partial charge in [0.2, 0.25) is 0 Å². The molecule has 1 aromatic heterocycles. The molecule has 1 nitrogen and oxygen atoms in total. The molecule has 1 aromatic carbocycles. The fourth-order valence-corrected chi connectivity index (χ4v) is 3.42. The van der Waals surface area contributed by atoms with Crippen LogP contribution in [0.4, 0.5) is 0 Å². The third-order valence-electron chi connectivity index (χ3n) is 3.17. The summed E-state index contributed by atoms with van der Waals surface area (Å²) >= 11 is 1.66. The maximum atomic E-state index is 10.4. The van der Waals surface area contributed by atoms with Gasteiger partial charge in [0.25, 0.3) is 0 Å². The van der Waals surface area contributed by atoms with Crippen molar-refractivity contribution in [1.82, 2.24) is 0 Å².